The van der Waals surface area contributed by atoms with Gasteiger partial charge in [-0.15, -0.1) is 0 Å². The molecular formula is C15H12N4O3. The van der Waals surface area contributed by atoms with Crippen LogP contribution in [-0.4, -0.2) is 28.1 Å². The van der Waals surface area contributed by atoms with E-state index in [2.05, 4.69) is 20.4 Å². The number of carbonyl (C=O) groups excluding carboxylic acids is 1. The van der Waals surface area contributed by atoms with Crippen LogP contribution in [0.4, 0.5) is 5.88 Å². The van der Waals surface area contributed by atoms with Crippen molar-refractivity contribution in [3.05, 3.63) is 54.4 Å². The number of carbonyl (C=O) groups is 1. The first-order valence-electron chi connectivity index (χ1n) is 6.46. The van der Waals surface area contributed by atoms with Crippen LogP contribution in [0.15, 0.2) is 53.3 Å². The Morgan fingerprint density at radius 1 is 1.18 bits per heavy atom. The van der Waals surface area contributed by atoms with E-state index in [1.807, 2.05) is 12.1 Å². The lowest BCUT2D eigenvalue weighted by Crippen LogP contribution is -2.11. The number of rotatable bonds is 4. The lowest BCUT2D eigenvalue weighted by molar-refractivity contribution is 0.102. The molecule has 0 fully saturated rings. The molecule has 3 heterocycles. The fourth-order valence-corrected chi connectivity index (χ4v) is 1.79. The molecule has 0 unspecified atom stereocenters. The predicted octanol–water partition coefficient (Wildman–Crippen LogP) is 2.39. The number of hydrogen-bond acceptors (Lipinski definition) is 6. The van der Waals surface area contributed by atoms with Crippen LogP contribution in [0, 0.1) is 0 Å². The van der Waals surface area contributed by atoms with Crippen molar-refractivity contribution in [3.63, 3.8) is 0 Å². The molecule has 3 aromatic rings. The molecule has 1 N–H and O–H groups in total. The minimum Gasteiger partial charge on any atom is -0.481 e. The molecule has 0 aliphatic rings. The van der Waals surface area contributed by atoms with Gasteiger partial charge in [0.05, 0.1) is 18.4 Å². The number of nitrogens with one attached hydrogen (secondary N) is 1. The molecule has 0 saturated heterocycles. The highest BCUT2D eigenvalue weighted by Crippen LogP contribution is 2.20. The molecule has 0 aliphatic carbocycles. The van der Waals surface area contributed by atoms with E-state index in [1.54, 1.807) is 30.5 Å². The molecule has 0 saturated carbocycles. The molecule has 1 amide bonds. The Kier molecular flexibility index (Phi) is 3.78. The number of aromatic nitrogens is 3. The summed E-state index contributed by atoms with van der Waals surface area (Å²) in [5, 5.41) is 6.48. The SMILES string of the molecule is COc1ccc(C(=O)Nc2cc(-c3ccccn3)no2)cn1. The van der Waals surface area contributed by atoms with Gasteiger partial charge in [0.25, 0.3) is 5.91 Å². The van der Waals surface area contributed by atoms with Crippen LogP contribution in [0.5, 0.6) is 5.88 Å². The summed E-state index contributed by atoms with van der Waals surface area (Å²) in [6.07, 6.45) is 3.08. The second kappa shape index (κ2) is 6.04. The van der Waals surface area contributed by atoms with Crippen LogP contribution >= 0.6 is 0 Å². The van der Waals surface area contributed by atoms with E-state index in [9.17, 15) is 4.79 Å². The third-order valence-electron chi connectivity index (χ3n) is 2.88. The molecule has 7 nitrogen and oxygen atoms in total. The number of methoxy groups -OCH3 is 1. The summed E-state index contributed by atoms with van der Waals surface area (Å²) in [5.74, 6) is 0.328. The second-order valence-electron chi connectivity index (χ2n) is 4.33. The fraction of sp³-hybridized carbons (Fsp3) is 0.0667. The van der Waals surface area contributed by atoms with Gasteiger partial charge in [-0.2, -0.15) is 0 Å². The van der Waals surface area contributed by atoms with Crippen molar-refractivity contribution in [1.29, 1.82) is 0 Å². The highest BCUT2D eigenvalue weighted by Gasteiger charge is 2.12. The number of pyridine rings is 2. The molecule has 0 aromatic carbocycles. The number of anilines is 1. The zero-order valence-corrected chi connectivity index (χ0v) is 11.7. The van der Waals surface area contributed by atoms with Gasteiger partial charge >= 0.3 is 0 Å². The van der Waals surface area contributed by atoms with Crippen molar-refractivity contribution < 1.29 is 14.1 Å². The normalized spacial score (nSPS) is 10.2. The van der Waals surface area contributed by atoms with Gasteiger partial charge in [-0.05, 0) is 18.2 Å². The molecular weight excluding hydrogens is 284 g/mol. The van der Waals surface area contributed by atoms with Crippen molar-refractivity contribution >= 4 is 11.8 Å². The molecule has 0 spiro atoms. The van der Waals surface area contributed by atoms with Crippen molar-refractivity contribution in [1.82, 2.24) is 15.1 Å². The topological polar surface area (TPSA) is 90.1 Å². The van der Waals surface area contributed by atoms with E-state index in [1.165, 1.54) is 13.3 Å². The summed E-state index contributed by atoms with van der Waals surface area (Å²) in [6, 6.07) is 10.3. The third kappa shape index (κ3) is 2.93. The van der Waals surface area contributed by atoms with Crippen molar-refractivity contribution in [3.8, 4) is 17.3 Å². The molecule has 3 rings (SSSR count). The summed E-state index contributed by atoms with van der Waals surface area (Å²) in [6.45, 7) is 0. The van der Waals surface area contributed by atoms with Crippen LogP contribution in [0.2, 0.25) is 0 Å². The first-order valence-corrected chi connectivity index (χ1v) is 6.46. The van der Waals surface area contributed by atoms with Crippen LogP contribution < -0.4 is 10.1 Å². The monoisotopic (exact) mass is 296 g/mol. The molecule has 110 valence electrons. The van der Waals surface area contributed by atoms with E-state index < -0.39 is 0 Å². The van der Waals surface area contributed by atoms with Gasteiger partial charge in [0.2, 0.25) is 11.8 Å². The van der Waals surface area contributed by atoms with Crippen molar-refractivity contribution in [2.45, 2.75) is 0 Å². The Morgan fingerprint density at radius 2 is 2.09 bits per heavy atom. The average Bonchev–Trinajstić information content (AvgIpc) is 3.04. The number of ether oxygens (including phenoxy) is 1. The Hall–Kier alpha value is -3.22. The maximum Gasteiger partial charge on any atom is 0.259 e. The quantitative estimate of drug-likeness (QED) is 0.795. The largest absolute Gasteiger partial charge is 0.481 e. The number of nitrogens with zero attached hydrogens (tertiary/aromatic N) is 3. The van der Waals surface area contributed by atoms with Crippen LogP contribution in [0.25, 0.3) is 11.4 Å². The molecule has 3 aromatic heterocycles. The van der Waals surface area contributed by atoms with E-state index in [0.717, 1.165) is 0 Å². The third-order valence-corrected chi connectivity index (χ3v) is 2.88. The lowest BCUT2D eigenvalue weighted by Gasteiger charge is -2.01. The van der Waals surface area contributed by atoms with E-state index >= 15 is 0 Å². The zero-order chi connectivity index (χ0) is 15.4. The zero-order valence-electron chi connectivity index (χ0n) is 11.7. The Bertz CT molecular complexity index is 769. The molecule has 22 heavy (non-hydrogen) atoms. The summed E-state index contributed by atoms with van der Waals surface area (Å²) in [7, 11) is 1.51. The van der Waals surface area contributed by atoms with E-state index in [4.69, 9.17) is 9.26 Å². The highest BCUT2D eigenvalue weighted by molar-refractivity contribution is 6.03. The second-order valence-corrected chi connectivity index (χ2v) is 4.33. The minimum atomic E-state index is -0.348. The van der Waals surface area contributed by atoms with Gasteiger partial charge < -0.3 is 9.26 Å². The van der Waals surface area contributed by atoms with E-state index in [0.29, 0.717) is 22.8 Å². The standard InChI is InChI=1S/C15H12N4O3/c1-21-13-6-5-10(9-17-13)15(20)18-14-8-12(19-22-14)11-4-2-3-7-16-11/h2-9H,1H3,(H,18,20). The first-order chi connectivity index (χ1) is 10.8. The van der Waals surface area contributed by atoms with Crippen LogP contribution in [0.3, 0.4) is 0 Å². The molecule has 0 aliphatic heterocycles. The van der Waals surface area contributed by atoms with Gasteiger partial charge in [-0.3, -0.25) is 15.1 Å². The number of hydrogen-bond donors (Lipinski definition) is 1. The van der Waals surface area contributed by atoms with Gasteiger partial charge in [0, 0.05) is 24.5 Å². The minimum absolute atomic E-state index is 0.237. The molecule has 7 heteroatoms. The highest BCUT2D eigenvalue weighted by atomic mass is 16.5. The summed E-state index contributed by atoms with van der Waals surface area (Å²) in [4.78, 5) is 20.2. The molecule has 0 radical (unpaired) electrons. The van der Waals surface area contributed by atoms with Gasteiger partial charge in [-0.25, -0.2) is 4.98 Å². The predicted molar refractivity (Wildman–Crippen MR) is 78.5 cm³/mol. The molecule has 0 bridgehead atoms. The average molecular weight is 296 g/mol. The summed E-state index contributed by atoms with van der Waals surface area (Å²) >= 11 is 0. The summed E-state index contributed by atoms with van der Waals surface area (Å²) < 4.78 is 10.0. The molecule has 0 atom stereocenters. The smallest absolute Gasteiger partial charge is 0.259 e. The van der Waals surface area contributed by atoms with E-state index in [-0.39, 0.29) is 11.8 Å². The van der Waals surface area contributed by atoms with Crippen LogP contribution in [0.1, 0.15) is 10.4 Å². The van der Waals surface area contributed by atoms with Crippen LogP contribution in [-0.2, 0) is 0 Å². The number of amides is 1. The Morgan fingerprint density at radius 3 is 2.77 bits per heavy atom. The lowest BCUT2D eigenvalue weighted by atomic mass is 10.2. The Balaban J connectivity index is 1.73. The maximum atomic E-state index is 12.1. The van der Waals surface area contributed by atoms with Gasteiger partial charge in [0.1, 0.15) is 5.69 Å². The fourth-order valence-electron chi connectivity index (χ4n) is 1.79. The van der Waals surface area contributed by atoms with Crippen molar-refractivity contribution in [2.24, 2.45) is 0 Å². The Labute approximate surface area is 126 Å². The van der Waals surface area contributed by atoms with Gasteiger partial charge in [0.15, 0.2) is 0 Å². The first kappa shape index (κ1) is 13.7. The van der Waals surface area contributed by atoms with Gasteiger partial charge in [-0.1, -0.05) is 11.2 Å². The maximum absolute atomic E-state index is 12.1. The van der Waals surface area contributed by atoms with Crippen molar-refractivity contribution in [2.75, 3.05) is 12.4 Å². The summed E-state index contributed by atoms with van der Waals surface area (Å²) in [5.41, 5.74) is 1.60.